The molecule has 0 spiro atoms. The van der Waals surface area contributed by atoms with Crippen molar-refractivity contribution in [1.29, 1.82) is 0 Å². The Morgan fingerprint density at radius 2 is 1.53 bits per heavy atom. The van der Waals surface area contributed by atoms with Crippen LogP contribution in [0.4, 0.5) is 0 Å². The first kappa shape index (κ1) is 23.2. The smallest absolute Gasteiger partial charge is 0.317 e. The largest absolute Gasteiger partial charge is 0.480 e. The molecule has 4 heterocycles. The second kappa shape index (κ2) is 9.43. The molecule has 5 fully saturated rings. The number of aromatic nitrogens is 2. The van der Waals surface area contributed by atoms with Crippen LogP contribution in [0.1, 0.15) is 94.8 Å². The van der Waals surface area contributed by atoms with Gasteiger partial charge in [0.05, 0.1) is 17.6 Å². The minimum absolute atomic E-state index is 0.142. The van der Waals surface area contributed by atoms with Gasteiger partial charge in [0.15, 0.2) is 0 Å². The minimum Gasteiger partial charge on any atom is -0.480 e. The number of fused-ring (bicyclic) bond motifs is 5. The monoisotopic (exact) mass is 490 g/mol. The molecular weight excluding hydrogens is 448 g/mol. The lowest BCUT2D eigenvalue weighted by atomic mass is 9.73. The summed E-state index contributed by atoms with van der Waals surface area (Å²) in [5, 5.41) is 9.20. The van der Waals surface area contributed by atoms with Crippen molar-refractivity contribution in [2.24, 2.45) is 11.8 Å². The summed E-state index contributed by atoms with van der Waals surface area (Å²) >= 11 is 0. The van der Waals surface area contributed by atoms with Gasteiger partial charge in [0.25, 0.3) is 0 Å². The van der Waals surface area contributed by atoms with Crippen LogP contribution >= 0.6 is 0 Å². The summed E-state index contributed by atoms with van der Waals surface area (Å²) in [4.78, 5) is 21.4. The first-order valence-electron chi connectivity index (χ1n) is 14.8. The molecule has 1 aromatic heterocycles. The summed E-state index contributed by atoms with van der Waals surface area (Å²) in [6.07, 6.45) is 16.9. The van der Waals surface area contributed by atoms with Crippen LogP contribution in [0.15, 0.2) is 24.3 Å². The van der Waals surface area contributed by atoms with Gasteiger partial charge in [0, 0.05) is 43.2 Å². The number of aliphatic carboxylic acids is 1. The number of carboxylic acid groups (broad SMARTS) is 1. The Morgan fingerprint density at radius 1 is 0.833 bits per heavy atom. The molecule has 0 amide bonds. The summed E-state index contributed by atoms with van der Waals surface area (Å²) in [5.74, 6) is 2.77. The lowest BCUT2D eigenvalue weighted by Crippen LogP contribution is -2.58. The summed E-state index contributed by atoms with van der Waals surface area (Å²) in [6.45, 7) is 1.76. The quantitative estimate of drug-likeness (QED) is 0.605. The number of nitrogens with zero attached hydrogens (tertiary/aromatic N) is 4. The molecule has 36 heavy (non-hydrogen) atoms. The van der Waals surface area contributed by atoms with Gasteiger partial charge in [0.1, 0.15) is 5.82 Å². The van der Waals surface area contributed by atoms with Crippen molar-refractivity contribution in [1.82, 2.24) is 19.4 Å². The average molecular weight is 491 g/mol. The molecule has 1 aromatic carbocycles. The maximum atomic E-state index is 11.2. The van der Waals surface area contributed by atoms with Gasteiger partial charge in [-0.3, -0.25) is 14.6 Å². The molecule has 0 radical (unpaired) electrons. The fraction of sp³-hybridized carbons (Fsp3) is 0.733. The molecule has 7 rings (SSSR count). The SMILES string of the molecule is O=C(O)CN1CC(c2nc3ccccc3n2[C@H]2C[C@H]3CCC[C@@H](C2)N3[C@@H]2C[C@@H]3CCCC[C@@H](C3)C2)C1. The molecule has 5 aliphatic rings. The van der Waals surface area contributed by atoms with E-state index in [1.807, 2.05) is 4.90 Å². The summed E-state index contributed by atoms with van der Waals surface area (Å²) in [5.41, 5.74) is 2.39. The molecule has 0 unspecified atom stereocenters. The van der Waals surface area contributed by atoms with E-state index in [0.29, 0.717) is 24.0 Å². The first-order chi connectivity index (χ1) is 17.6. The molecule has 194 valence electrons. The number of hydrogen-bond donors (Lipinski definition) is 1. The van der Waals surface area contributed by atoms with E-state index in [4.69, 9.17) is 4.98 Å². The molecule has 6 heteroatoms. The van der Waals surface area contributed by atoms with Gasteiger partial charge in [-0.1, -0.05) is 44.2 Å². The van der Waals surface area contributed by atoms with Gasteiger partial charge < -0.3 is 9.67 Å². The minimum atomic E-state index is -0.732. The third kappa shape index (κ3) is 4.18. The molecule has 6 nitrogen and oxygen atoms in total. The van der Waals surface area contributed by atoms with E-state index < -0.39 is 5.97 Å². The van der Waals surface area contributed by atoms with Crippen LogP contribution in [0.2, 0.25) is 0 Å². The summed E-state index contributed by atoms with van der Waals surface area (Å²) < 4.78 is 2.61. The predicted molar refractivity (Wildman–Crippen MR) is 141 cm³/mol. The number of carbonyl (C=O) groups is 1. The van der Waals surface area contributed by atoms with Gasteiger partial charge in [-0.15, -0.1) is 0 Å². The van der Waals surface area contributed by atoms with E-state index in [0.717, 1.165) is 36.5 Å². The lowest BCUT2D eigenvalue weighted by Gasteiger charge is -2.55. The highest BCUT2D eigenvalue weighted by molar-refractivity contribution is 5.76. The topological polar surface area (TPSA) is 61.6 Å². The molecule has 4 bridgehead atoms. The number of rotatable bonds is 5. The second-order valence-corrected chi connectivity index (χ2v) is 12.8. The molecule has 2 aromatic rings. The van der Waals surface area contributed by atoms with E-state index in [1.54, 1.807) is 0 Å². The van der Waals surface area contributed by atoms with Gasteiger partial charge in [-0.05, 0) is 68.9 Å². The van der Waals surface area contributed by atoms with Gasteiger partial charge in [0.2, 0.25) is 0 Å². The molecule has 3 aliphatic heterocycles. The first-order valence-corrected chi connectivity index (χ1v) is 14.8. The van der Waals surface area contributed by atoms with Gasteiger partial charge in [-0.2, -0.15) is 0 Å². The van der Waals surface area contributed by atoms with E-state index >= 15 is 0 Å². The molecule has 1 N–H and O–H groups in total. The fourth-order valence-corrected chi connectivity index (χ4v) is 9.09. The molecule has 2 saturated carbocycles. The Morgan fingerprint density at radius 3 is 2.22 bits per heavy atom. The maximum absolute atomic E-state index is 11.2. The number of piperidine rings is 2. The van der Waals surface area contributed by atoms with Crippen LogP contribution in [0, 0.1) is 11.8 Å². The number of para-hydroxylation sites is 2. The number of likely N-dealkylation sites (tertiary alicyclic amines) is 1. The van der Waals surface area contributed by atoms with E-state index in [2.05, 4.69) is 33.7 Å². The van der Waals surface area contributed by atoms with Crippen molar-refractivity contribution in [2.75, 3.05) is 19.6 Å². The third-order valence-corrected chi connectivity index (χ3v) is 10.4. The van der Waals surface area contributed by atoms with Crippen LogP contribution in [0.5, 0.6) is 0 Å². The van der Waals surface area contributed by atoms with Gasteiger partial charge in [-0.25, -0.2) is 4.98 Å². The second-order valence-electron chi connectivity index (χ2n) is 12.8. The molecule has 2 aliphatic carbocycles. The van der Waals surface area contributed by atoms with Crippen molar-refractivity contribution < 1.29 is 9.90 Å². The van der Waals surface area contributed by atoms with E-state index in [-0.39, 0.29) is 6.54 Å². The Kier molecular flexibility index (Phi) is 6.08. The molecular formula is C30H42N4O2. The number of imidazole rings is 1. The van der Waals surface area contributed by atoms with E-state index in [1.165, 1.54) is 88.4 Å². The Bertz CT molecular complexity index is 1080. The van der Waals surface area contributed by atoms with Crippen molar-refractivity contribution in [3.63, 3.8) is 0 Å². The zero-order valence-electron chi connectivity index (χ0n) is 21.6. The van der Waals surface area contributed by atoms with Crippen LogP contribution in [-0.4, -0.2) is 68.2 Å². The zero-order chi connectivity index (χ0) is 24.2. The van der Waals surface area contributed by atoms with Crippen LogP contribution < -0.4 is 0 Å². The number of hydrogen-bond acceptors (Lipinski definition) is 4. The summed E-state index contributed by atoms with van der Waals surface area (Å²) in [6, 6.07) is 11.4. The van der Waals surface area contributed by atoms with Crippen LogP contribution in [-0.2, 0) is 4.79 Å². The summed E-state index contributed by atoms with van der Waals surface area (Å²) in [7, 11) is 0. The van der Waals surface area contributed by atoms with Crippen LogP contribution in [0.25, 0.3) is 11.0 Å². The Balaban J connectivity index is 1.15. The van der Waals surface area contributed by atoms with Gasteiger partial charge >= 0.3 is 5.97 Å². The van der Waals surface area contributed by atoms with Crippen LogP contribution in [0.3, 0.4) is 0 Å². The number of carboxylic acids is 1. The standard InChI is InChI=1S/C30H42N4O2/c35-29(36)19-32-17-22(18-32)30-31-27-10-3-4-11-28(27)34(30)26-15-23-8-5-9-24(16-26)33(23)25-13-20-6-1-2-7-21(12-20)14-25/h3-4,10-11,20-26H,1-2,5-9,12-19H2,(H,35,36)/t20-,21+,23-,24+,25-,26+. The average Bonchev–Trinajstić information content (AvgIpc) is 3.12. The highest BCUT2D eigenvalue weighted by Crippen LogP contribution is 2.48. The Hall–Kier alpha value is -1.92. The van der Waals surface area contributed by atoms with E-state index in [9.17, 15) is 9.90 Å². The van der Waals surface area contributed by atoms with Crippen molar-refractivity contribution in [3.05, 3.63) is 30.1 Å². The number of benzene rings is 1. The highest BCUT2D eigenvalue weighted by Gasteiger charge is 2.46. The highest BCUT2D eigenvalue weighted by atomic mass is 16.4. The van der Waals surface area contributed by atoms with Crippen molar-refractivity contribution >= 4 is 17.0 Å². The predicted octanol–water partition coefficient (Wildman–Crippen LogP) is 5.44. The lowest BCUT2D eigenvalue weighted by molar-refractivity contribution is -0.139. The Labute approximate surface area is 215 Å². The maximum Gasteiger partial charge on any atom is 0.317 e. The normalized spacial score (nSPS) is 35.9. The van der Waals surface area contributed by atoms with Crippen molar-refractivity contribution in [2.45, 2.75) is 107 Å². The van der Waals surface area contributed by atoms with Crippen molar-refractivity contribution in [3.8, 4) is 0 Å². The molecule has 6 atom stereocenters. The molecule has 3 saturated heterocycles. The zero-order valence-corrected chi connectivity index (χ0v) is 21.6. The fourth-order valence-electron chi connectivity index (χ4n) is 9.09. The third-order valence-electron chi connectivity index (χ3n) is 10.4.